The zero-order chi connectivity index (χ0) is 11.3. The molecular formula is C10H18N2O3. The van der Waals surface area contributed by atoms with Crippen molar-refractivity contribution in [3.05, 3.63) is 0 Å². The molecule has 0 aromatic heterocycles. The summed E-state index contributed by atoms with van der Waals surface area (Å²) in [7, 11) is 0. The van der Waals surface area contributed by atoms with E-state index >= 15 is 0 Å². The Morgan fingerprint density at radius 1 is 1.40 bits per heavy atom. The molecule has 1 aliphatic heterocycles. The molecule has 1 amide bonds. The number of nitrogens with two attached hydrogens (primary N) is 1. The summed E-state index contributed by atoms with van der Waals surface area (Å²) in [5.41, 5.74) is 5.75. The first kappa shape index (κ1) is 12.0. The maximum absolute atomic E-state index is 11.6. The minimum atomic E-state index is -0.849. The van der Waals surface area contributed by atoms with Gasteiger partial charge in [0.15, 0.2) is 0 Å². The van der Waals surface area contributed by atoms with Crippen LogP contribution in [-0.2, 0) is 9.59 Å². The van der Waals surface area contributed by atoms with Gasteiger partial charge in [-0.1, -0.05) is 0 Å². The van der Waals surface area contributed by atoms with Crippen LogP contribution in [0, 0.1) is 0 Å². The molecule has 15 heavy (non-hydrogen) atoms. The summed E-state index contributed by atoms with van der Waals surface area (Å²) in [6.45, 7) is 1.38. The molecule has 0 aliphatic carbocycles. The number of hydrogen-bond acceptors (Lipinski definition) is 3. The van der Waals surface area contributed by atoms with Crippen molar-refractivity contribution < 1.29 is 14.7 Å². The van der Waals surface area contributed by atoms with Gasteiger partial charge in [0.25, 0.3) is 0 Å². The van der Waals surface area contributed by atoms with Crippen molar-refractivity contribution in [2.75, 3.05) is 13.1 Å². The summed E-state index contributed by atoms with van der Waals surface area (Å²) in [6.07, 6.45) is 2.72. The van der Waals surface area contributed by atoms with E-state index in [1.54, 1.807) is 4.90 Å². The van der Waals surface area contributed by atoms with Gasteiger partial charge in [-0.2, -0.15) is 0 Å². The monoisotopic (exact) mass is 214 g/mol. The van der Waals surface area contributed by atoms with Gasteiger partial charge in [0, 0.05) is 32.0 Å². The number of piperidine rings is 1. The Balaban J connectivity index is 2.24. The van der Waals surface area contributed by atoms with Crippen LogP contribution in [0.1, 0.15) is 32.1 Å². The highest BCUT2D eigenvalue weighted by Crippen LogP contribution is 2.10. The van der Waals surface area contributed by atoms with Crippen LogP contribution >= 0.6 is 0 Å². The highest BCUT2D eigenvalue weighted by molar-refractivity contribution is 5.77. The number of likely N-dealkylation sites (tertiary alicyclic amines) is 1. The van der Waals surface area contributed by atoms with Gasteiger partial charge in [-0.15, -0.1) is 0 Å². The summed E-state index contributed by atoms with van der Waals surface area (Å²) >= 11 is 0. The van der Waals surface area contributed by atoms with Gasteiger partial charge in [0.1, 0.15) is 0 Å². The zero-order valence-corrected chi connectivity index (χ0v) is 8.82. The van der Waals surface area contributed by atoms with Gasteiger partial charge in [-0.05, 0) is 19.3 Å². The van der Waals surface area contributed by atoms with Crippen LogP contribution in [0.3, 0.4) is 0 Å². The predicted octanol–water partition coefficient (Wildman–Crippen LogP) is 0.191. The third kappa shape index (κ3) is 4.29. The fourth-order valence-electron chi connectivity index (χ4n) is 1.79. The van der Waals surface area contributed by atoms with Crippen molar-refractivity contribution in [1.82, 2.24) is 4.90 Å². The highest BCUT2D eigenvalue weighted by Gasteiger charge is 2.20. The molecule has 1 fully saturated rings. The average molecular weight is 214 g/mol. The third-order valence-corrected chi connectivity index (χ3v) is 2.59. The van der Waals surface area contributed by atoms with Crippen LogP contribution in [0.2, 0.25) is 0 Å². The van der Waals surface area contributed by atoms with Crippen molar-refractivity contribution in [3.8, 4) is 0 Å². The van der Waals surface area contributed by atoms with Crippen molar-refractivity contribution in [2.24, 2.45) is 5.73 Å². The summed E-state index contributed by atoms with van der Waals surface area (Å²) in [6, 6.07) is 0.0853. The van der Waals surface area contributed by atoms with Crippen LogP contribution in [-0.4, -0.2) is 41.0 Å². The molecule has 86 valence electrons. The Morgan fingerprint density at radius 2 is 2.13 bits per heavy atom. The van der Waals surface area contributed by atoms with Crippen LogP contribution < -0.4 is 5.73 Å². The normalized spacial score (nSPS) is 21.4. The number of amides is 1. The predicted molar refractivity (Wildman–Crippen MR) is 55.3 cm³/mol. The molecule has 0 bridgehead atoms. The Hall–Kier alpha value is -1.10. The van der Waals surface area contributed by atoms with E-state index in [-0.39, 0.29) is 18.4 Å². The van der Waals surface area contributed by atoms with Crippen molar-refractivity contribution in [3.63, 3.8) is 0 Å². The van der Waals surface area contributed by atoms with Gasteiger partial charge >= 0.3 is 5.97 Å². The SMILES string of the molecule is NC1CCCN(C(=O)CCCC(=O)O)C1. The number of hydrogen-bond donors (Lipinski definition) is 2. The fraction of sp³-hybridized carbons (Fsp3) is 0.800. The molecule has 1 heterocycles. The molecule has 1 saturated heterocycles. The smallest absolute Gasteiger partial charge is 0.303 e. The number of rotatable bonds is 4. The minimum Gasteiger partial charge on any atom is -0.481 e. The lowest BCUT2D eigenvalue weighted by atomic mass is 10.1. The first-order chi connectivity index (χ1) is 7.09. The fourth-order valence-corrected chi connectivity index (χ4v) is 1.79. The van der Waals surface area contributed by atoms with Gasteiger partial charge in [-0.25, -0.2) is 0 Å². The molecule has 0 aromatic carbocycles. The maximum atomic E-state index is 11.6. The first-order valence-electron chi connectivity index (χ1n) is 5.34. The van der Waals surface area contributed by atoms with E-state index in [2.05, 4.69) is 0 Å². The summed E-state index contributed by atoms with van der Waals surface area (Å²) in [4.78, 5) is 23.6. The number of carbonyl (C=O) groups excluding carboxylic acids is 1. The average Bonchev–Trinajstić information content (AvgIpc) is 2.17. The molecular weight excluding hydrogens is 196 g/mol. The standard InChI is InChI=1S/C10H18N2O3/c11-8-3-2-6-12(7-8)9(13)4-1-5-10(14)15/h8H,1-7,11H2,(H,14,15). The molecule has 0 spiro atoms. The number of nitrogens with zero attached hydrogens (tertiary/aromatic N) is 1. The van der Waals surface area contributed by atoms with Crippen molar-refractivity contribution in [1.29, 1.82) is 0 Å². The molecule has 3 N–H and O–H groups in total. The maximum Gasteiger partial charge on any atom is 0.303 e. The lowest BCUT2D eigenvalue weighted by Crippen LogP contribution is -2.45. The molecule has 5 nitrogen and oxygen atoms in total. The third-order valence-electron chi connectivity index (χ3n) is 2.59. The molecule has 5 heteroatoms. The Morgan fingerprint density at radius 3 is 2.73 bits per heavy atom. The second kappa shape index (κ2) is 5.70. The van der Waals surface area contributed by atoms with Gasteiger partial charge in [0.05, 0.1) is 0 Å². The lowest BCUT2D eigenvalue weighted by molar-refractivity contribution is -0.137. The van der Waals surface area contributed by atoms with Crippen molar-refractivity contribution in [2.45, 2.75) is 38.1 Å². The second-order valence-electron chi connectivity index (χ2n) is 3.99. The summed E-state index contributed by atoms with van der Waals surface area (Å²) < 4.78 is 0. The Labute approximate surface area is 89.2 Å². The van der Waals surface area contributed by atoms with Gasteiger partial charge < -0.3 is 15.7 Å². The number of carboxylic acid groups (broad SMARTS) is 1. The van der Waals surface area contributed by atoms with Crippen LogP contribution in [0.4, 0.5) is 0 Å². The quantitative estimate of drug-likeness (QED) is 0.699. The lowest BCUT2D eigenvalue weighted by Gasteiger charge is -2.30. The molecule has 1 unspecified atom stereocenters. The molecule has 0 saturated carbocycles. The topological polar surface area (TPSA) is 83.6 Å². The Kier molecular flexibility index (Phi) is 4.55. The Bertz CT molecular complexity index is 243. The van der Waals surface area contributed by atoms with E-state index < -0.39 is 5.97 Å². The van der Waals surface area contributed by atoms with Crippen molar-refractivity contribution >= 4 is 11.9 Å². The molecule has 1 rings (SSSR count). The summed E-state index contributed by atoms with van der Waals surface area (Å²) in [5.74, 6) is -0.815. The molecule has 0 radical (unpaired) electrons. The van der Waals surface area contributed by atoms with E-state index in [4.69, 9.17) is 10.8 Å². The van der Waals surface area contributed by atoms with Gasteiger partial charge in [-0.3, -0.25) is 9.59 Å². The van der Waals surface area contributed by atoms with E-state index in [1.807, 2.05) is 0 Å². The number of aliphatic carboxylic acids is 1. The van der Waals surface area contributed by atoms with E-state index in [0.29, 0.717) is 19.4 Å². The van der Waals surface area contributed by atoms with Crippen LogP contribution in [0.5, 0.6) is 0 Å². The van der Waals surface area contributed by atoms with E-state index in [0.717, 1.165) is 19.4 Å². The van der Waals surface area contributed by atoms with E-state index in [9.17, 15) is 9.59 Å². The molecule has 0 aromatic rings. The highest BCUT2D eigenvalue weighted by atomic mass is 16.4. The van der Waals surface area contributed by atoms with E-state index in [1.165, 1.54) is 0 Å². The van der Waals surface area contributed by atoms with Gasteiger partial charge in [0.2, 0.25) is 5.91 Å². The second-order valence-corrected chi connectivity index (χ2v) is 3.99. The minimum absolute atomic E-state index is 0.0337. The van der Waals surface area contributed by atoms with Crippen LogP contribution in [0.25, 0.3) is 0 Å². The number of carbonyl (C=O) groups is 2. The summed E-state index contributed by atoms with van der Waals surface area (Å²) in [5, 5.41) is 8.43. The molecule has 1 aliphatic rings. The first-order valence-corrected chi connectivity index (χ1v) is 5.34. The molecule has 1 atom stereocenters. The van der Waals surface area contributed by atoms with Crippen LogP contribution in [0.15, 0.2) is 0 Å². The number of carboxylic acids is 1. The zero-order valence-electron chi connectivity index (χ0n) is 8.82. The largest absolute Gasteiger partial charge is 0.481 e.